The van der Waals surface area contributed by atoms with Gasteiger partial charge in [0.15, 0.2) is 6.61 Å². The number of esters is 2. The number of aliphatic carboxylic acids is 1. The number of ether oxygens (including phenoxy) is 2. The lowest BCUT2D eigenvalue weighted by Gasteiger charge is -2.14. The van der Waals surface area contributed by atoms with Crippen LogP contribution in [0.1, 0.15) is 46.0 Å². The van der Waals surface area contributed by atoms with Crippen LogP contribution in [0.15, 0.2) is 12.2 Å². The Bertz CT molecular complexity index is 374. The quantitative estimate of drug-likeness (QED) is 0.465. The highest BCUT2D eigenvalue weighted by Gasteiger charge is 2.15. The van der Waals surface area contributed by atoms with E-state index in [-0.39, 0.29) is 5.57 Å². The van der Waals surface area contributed by atoms with E-state index in [4.69, 9.17) is 9.84 Å². The number of unbranched alkanes of at least 4 members (excludes halogenated alkanes) is 1. The van der Waals surface area contributed by atoms with E-state index in [1.54, 1.807) is 0 Å². The highest BCUT2D eigenvalue weighted by atomic mass is 16.6. The fourth-order valence-electron chi connectivity index (χ4n) is 1.63. The molecule has 0 aromatic rings. The molecule has 0 saturated heterocycles. The number of carbonyl (C=O) groups excluding carboxylic acids is 2. The first-order valence-electron chi connectivity index (χ1n) is 7.12. The zero-order valence-electron chi connectivity index (χ0n) is 12.7. The lowest BCUT2D eigenvalue weighted by molar-refractivity contribution is -0.157. The minimum absolute atomic E-state index is 0.204. The number of carboxylic acid groups (broad SMARTS) is 1. The van der Waals surface area contributed by atoms with E-state index in [2.05, 4.69) is 18.2 Å². The lowest BCUT2D eigenvalue weighted by Crippen LogP contribution is -2.21. The van der Waals surface area contributed by atoms with Gasteiger partial charge in [-0.1, -0.05) is 39.7 Å². The van der Waals surface area contributed by atoms with Gasteiger partial charge in [0.05, 0.1) is 13.0 Å². The third-order valence-electron chi connectivity index (χ3n) is 3.00. The average molecular weight is 300 g/mol. The van der Waals surface area contributed by atoms with Gasteiger partial charge in [-0.3, -0.25) is 4.79 Å². The molecular formula is C15H24O6. The molecule has 120 valence electrons. The van der Waals surface area contributed by atoms with Crippen molar-refractivity contribution < 1.29 is 29.0 Å². The predicted octanol–water partition coefficient (Wildman–Crippen LogP) is 2.32. The Morgan fingerprint density at radius 2 is 1.86 bits per heavy atom. The number of hydrogen-bond acceptors (Lipinski definition) is 5. The molecule has 0 rings (SSSR count). The summed E-state index contributed by atoms with van der Waals surface area (Å²) >= 11 is 0. The number of hydrogen-bond donors (Lipinski definition) is 1. The van der Waals surface area contributed by atoms with Crippen LogP contribution in [0, 0.1) is 5.92 Å². The molecule has 0 heterocycles. The zero-order valence-corrected chi connectivity index (χ0v) is 12.7. The van der Waals surface area contributed by atoms with E-state index in [9.17, 15) is 14.4 Å². The van der Waals surface area contributed by atoms with Crippen LogP contribution >= 0.6 is 0 Å². The van der Waals surface area contributed by atoms with Crippen LogP contribution in [0.2, 0.25) is 0 Å². The van der Waals surface area contributed by atoms with E-state index in [1.807, 2.05) is 6.92 Å². The molecule has 0 aliphatic rings. The molecule has 0 fully saturated rings. The largest absolute Gasteiger partial charge is 0.481 e. The molecule has 6 heteroatoms. The van der Waals surface area contributed by atoms with Crippen LogP contribution in [-0.4, -0.2) is 36.2 Å². The fourth-order valence-corrected chi connectivity index (χ4v) is 1.63. The maximum atomic E-state index is 11.4. The minimum atomic E-state index is -1.18. The predicted molar refractivity (Wildman–Crippen MR) is 76.6 cm³/mol. The third-order valence-corrected chi connectivity index (χ3v) is 3.00. The van der Waals surface area contributed by atoms with Crippen molar-refractivity contribution in [3.05, 3.63) is 12.2 Å². The van der Waals surface area contributed by atoms with Gasteiger partial charge in [0, 0.05) is 5.57 Å². The molecule has 0 amide bonds. The zero-order chi connectivity index (χ0) is 16.3. The molecule has 0 bridgehead atoms. The number of carboxylic acids is 1. The molecule has 0 radical (unpaired) electrons. The highest BCUT2D eigenvalue weighted by molar-refractivity contribution is 5.93. The van der Waals surface area contributed by atoms with Gasteiger partial charge < -0.3 is 14.6 Å². The van der Waals surface area contributed by atoms with E-state index < -0.39 is 30.9 Å². The Labute approximate surface area is 125 Å². The van der Waals surface area contributed by atoms with Gasteiger partial charge in [0.1, 0.15) is 0 Å². The highest BCUT2D eigenvalue weighted by Crippen LogP contribution is 2.12. The summed E-state index contributed by atoms with van der Waals surface area (Å²) in [5, 5.41) is 8.49. The molecule has 21 heavy (non-hydrogen) atoms. The van der Waals surface area contributed by atoms with E-state index in [0.29, 0.717) is 12.5 Å². The summed E-state index contributed by atoms with van der Waals surface area (Å²) < 4.78 is 9.68. The SMILES string of the molecule is C=C(CC(=O)O)C(=O)OCC(=O)OCC(CC)CCCC. The molecule has 0 aromatic heterocycles. The summed E-state index contributed by atoms with van der Waals surface area (Å²) in [7, 11) is 0. The first-order chi connectivity index (χ1) is 9.90. The van der Waals surface area contributed by atoms with Gasteiger partial charge in [-0.2, -0.15) is 0 Å². The summed E-state index contributed by atoms with van der Waals surface area (Å²) in [5.41, 5.74) is -0.204. The molecule has 0 saturated carbocycles. The number of rotatable bonds is 11. The lowest BCUT2D eigenvalue weighted by atomic mass is 10.0. The van der Waals surface area contributed by atoms with Gasteiger partial charge in [-0.05, 0) is 12.3 Å². The van der Waals surface area contributed by atoms with Crippen molar-refractivity contribution in [3.63, 3.8) is 0 Å². The summed E-state index contributed by atoms with van der Waals surface area (Å²) in [6.45, 7) is 7.20. The Morgan fingerprint density at radius 3 is 2.38 bits per heavy atom. The van der Waals surface area contributed by atoms with Crippen LogP contribution in [0.5, 0.6) is 0 Å². The molecule has 1 N–H and O–H groups in total. The smallest absolute Gasteiger partial charge is 0.344 e. The monoisotopic (exact) mass is 300 g/mol. The Hall–Kier alpha value is -1.85. The summed E-state index contributed by atoms with van der Waals surface area (Å²) in [6.07, 6.45) is 3.58. The first kappa shape index (κ1) is 19.1. The maximum absolute atomic E-state index is 11.4. The van der Waals surface area contributed by atoms with Crippen molar-refractivity contribution in [2.75, 3.05) is 13.2 Å². The van der Waals surface area contributed by atoms with Gasteiger partial charge in [0.25, 0.3) is 0 Å². The van der Waals surface area contributed by atoms with Gasteiger partial charge in [0.2, 0.25) is 0 Å². The Morgan fingerprint density at radius 1 is 1.19 bits per heavy atom. The average Bonchev–Trinajstić information content (AvgIpc) is 2.44. The minimum Gasteiger partial charge on any atom is -0.481 e. The van der Waals surface area contributed by atoms with E-state index >= 15 is 0 Å². The molecule has 1 unspecified atom stereocenters. The first-order valence-corrected chi connectivity index (χ1v) is 7.12. The topological polar surface area (TPSA) is 89.9 Å². The molecule has 0 aromatic carbocycles. The molecule has 0 aliphatic heterocycles. The van der Waals surface area contributed by atoms with Crippen molar-refractivity contribution in [1.29, 1.82) is 0 Å². The summed E-state index contributed by atoms with van der Waals surface area (Å²) in [6, 6.07) is 0. The Balaban J connectivity index is 3.96. The van der Waals surface area contributed by atoms with Crippen molar-refractivity contribution in [3.8, 4) is 0 Å². The standard InChI is InChI=1S/C15H24O6/c1-4-6-7-12(5-2)9-20-14(18)10-21-15(19)11(3)8-13(16)17/h12H,3-10H2,1-2H3,(H,16,17). The van der Waals surface area contributed by atoms with Crippen LogP contribution in [0.25, 0.3) is 0 Å². The number of carbonyl (C=O) groups is 3. The van der Waals surface area contributed by atoms with E-state index in [0.717, 1.165) is 25.7 Å². The maximum Gasteiger partial charge on any atom is 0.344 e. The fraction of sp³-hybridized carbons (Fsp3) is 0.667. The Kier molecular flexibility index (Phi) is 9.92. The van der Waals surface area contributed by atoms with Crippen LogP contribution in [-0.2, 0) is 23.9 Å². The van der Waals surface area contributed by atoms with Crippen molar-refractivity contribution >= 4 is 17.9 Å². The molecule has 1 atom stereocenters. The van der Waals surface area contributed by atoms with Crippen LogP contribution in [0.3, 0.4) is 0 Å². The second-order valence-electron chi connectivity index (χ2n) is 4.85. The normalized spacial score (nSPS) is 11.5. The van der Waals surface area contributed by atoms with E-state index in [1.165, 1.54) is 0 Å². The molecule has 0 spiro atoms. The molecular weight excluding hydrogens is 276 g/mol. The second-order valence-corrected chi connectivity index (χ2v) is 4.85. The summed E-state index contributed by atoms with van der Waals surface area (Å²) in [5.74, 6) is -2.40. The van der Waals surface area contributed by atoms with Crippen molar-refractivity contribution in [1.82, 2.24) is 0 Å². The van der Waals surface area contributed by atoms with Crippen molar-refractivity contribution in [2.45, 2.75) is 46.0 Å². The van der Waals surface area contributed by atoms with Gasteiger partial charge >= 0.3 is 17.9 Å². The van der Waals surface area contributed by atoms with Crippen LogP contribution in [0.4, 0.5) is 0 Å². The second kappa shape index (κ2) is 10.9. The third kappa shape index (κ3) is 9.65. The van der Waals surface area contributed by atoms with Gasteiger partial charge in [-0.15, -0.1) is 0 Å². The van der Waals surface area contributed by atoms with Crippen LogP contribution < -0.4 is 0 Å². The van der Waals surface area contributed by atoms with Gasteiger partial charge in [-0.25, -0.2) is 9.59 Å². The molecule has 0 aliphatic carbocycles. The summed E-state index contributed by atoms with van der Waals surface area (Å²) in [4.78, 5) is 33.2. The van der Waals surface area contributed by atoms with Crippen molar-refractivity contribution in [2.24, 2.45) is 5.92 Å². The molecule has 6 nitrogen and oxygen atoms in total.